The Morgan fingerprint density at radius 2 is 1.83 bits per heavy atom. The Bertz CT molecular complexity index is 281. The van der Waals surface area contributed by atoms with Crippen LogP contribution in [0.3, 0.4) is 0 Å². The van der Waals surface area contributed by atoms with Crippen molar-refractivity contribution in [2.24, 2.45) is 5.41 Å². The summed E-state index contributed by atoms with van der Waals surface area (Å²) < 4.78 is 0. The Balaban J connectivity index is 2.64. The van der Waals surface area contributed by atoms with Crippen LogP contribution in [-0.2, 0) is 4.79 Å². The van der Waals surface area contributed by atoms with E-state index in [1.807, 2.05) is 0 Å². The third-order valence-corrected chi connectivity index (χ3v) is 4.17. The minimum absolute atomic E-state index is 0.0727. The maximum Gasteiger partial charge on any atom is 0.237 e. The van der Waals surface area contributed by atoms with Crippen LogP contribution in [0.4, 0.5) is 0 Å². The smallest absolute Gasteiger partial charge is 0.237 e. The van der Waals surface area contributed by atoms with Crippen LogP contribution in [0.5, 0.6) is 0 Å². The van der Waals surface area contributed by atoms with Gasteiger partial charge in [0, 0.05) is 12.1 Å². The fraction of sp³-hybridized carbons (Fsp3) is 0.933. The van der Waals surface area contributed by atoms with Gasteiger partial charge in [0.15, 0.2) is 0 Å². The van der Waals surface area contributed by atoms with Crippen LogP contribution in [0.2, 0.25) is 0 Å². The van der Waals surface area contributed by atoms with Gasteiger partial charge < -0.3 is 5.32 Å². The number of carbonyl (C=O) groups is 1. The maximum absolute atomic E-state index is 12.4. The number of piperidine rings is 1. The highest BCUT2D eigenvalue weighted by Gasteiger charge is 2.32. The van der Waals surface area contributed by atoms with Gasteiger partial charge in [-0.05, 0) is 45.6 Å². The normalized spacial score (nSPS) is 24.1. The Hall–Kier alpha value is -0.570. The van der Waals surface area contributed by atoms with E-state index in [2.05, 4.69) is 51.8 Å². The molecule has 0 spiro atoms. The molecule has 0 saturated carbocycles. The molecule has 0 aromatic heterocycles. The topological polar surface area (TPSA) is 32.3 Å². The highest BCUT2D eigenvalue weighted by Crippen LogP contribution is 2.22. The molecule has 0 aliphatic carbocycles. The van der Waals surface area contributed by atoms with Gasteiger partial charge in [0.05, 0.1) is 6.04 Å². The predicted molar refractivity (Wildman–Crippen MR) is 76.5 cm³/mol. The van der Waals surface area contributed by atoms with E-state index in [9.17, 15) is 4.79 Å². The van der Waals surface area contributed by atoms with Crippen LogP contribution < -0.4 is 5.32 Å². The molecule has 1 aliphatic heterocycles. The Morgan fingerprint density at radius 1 is 1.22 bits per heavy atom. The molecule has 0 bridgehead atoms. The first kappa shape index (κ1) is 15.5. The number of hydrogen-bond acceptors (Lipinski definition) is 2. The van der Waals surface area contributed by atoms with Crippen LogP contribution in [-0.4, -0.2) is 35.5 Å². The van der Waals surface area contributed by atoms with Crippen LogP contribution >= 0.6 is 0 Å². The van der Waals surface area contributed by atoms with E-state index in [0.717, 1.165) is 13.0 Å². The largest absolute Gasteiger partial charge is 0.352 e. The SMILES string of the molecule is CC(C)N1CCCC[C@@H]1C(=O)NC(C)C(C)(C)C. The summed E-state index contributed by atoms with van der Waals surface area (Å²) >= 11 is 0. The zero-order chi connectivity index (χ0) is 13.9. The van der Waals surface area contributed by atoms with E-state index < -0.39 is 0 Å². The second kappa shape index (κ2) is 6.05. The standard InChI is InChI=1S/C15H30N2O/c1-11(2)17-10-8-7-9-13(17)14(18)16-12(3)15(4,5)6/h11-13H,7-10H2,1-6H3,(H,16,18)/t12?,13-/m1/s1. The van der Waals surface area contributed by atoms with Crippen LogP contribution in [0.15, 0.2) is 0 Å². The van der Waals surface area contributed by atoms with Gasteiger partial charge in [0.2, 0.25) is 5.91 Å². The highest BCUT2D eigenvalue weighted by molar-refractivity contribution is 5.82. The van der Waals surface area contributed by atoms with Crippen molar-refractivity contribution in [1.82, 2.24) is 10.2 Å². The molecule has 18 heavy (non-hydrogen) atoms. The Morgan fingerprint density at radius 3 is 2.33 bits per heavy atom. The zero-order valence-corrected chi connectivity index (χ0v) is 12.9. The van der Waals surface area contributed by atoms with Gasteiger partial charge in [0.1, 0.15) is 0 Å². The Kier molecular flexibility index (Phi) is 5.20. The molecule has 2 atom stereocenters. The lowest BCUT2D eigenvalue weighted by molar-refractivity contribution is -0.129. The molecule has 1 saturated heterocycles. The monoisotopic (exact) mass is 254 g/mol. The number of likely N-dealkylation sites (tertiary alicyclic amines) is 1. The number of amides is 1. The summed E-state index contributed by atoms with van der Waals surface area (Å²) in [4.78, 5) is 14.8. The summed E-state index contributed by atoms with van der Waals surface area (Å²) in [6.45, 7) is 14.0. The van der Waals surface area contributed by atoms with Gasteiger partial charge in [-0.25, -0.2) is 0 Å². The molecule has 1 unspecified atom stereocenters. The van der Waals surface area contributed by atoms with Crippen molar-refractivity contribution < 1.29 is 4.79 Å². The second-order valence-electron chi connectivity index (χ2n) is 6.94. The van der Waals surface area contributed by atoms with Crippen molar-refractivity contribution in [1.29, 1.82) is 0 Å². The van der Waals surface area contributed by atoms with E-state index in [4.69, 9.17) is 0 Å². The molecule has 1 heterocycles. The molecular formula is C15H30N2O. The van der Waals surface area contributed by atoms with Crippen LogP contribution in [0, 0.1) is 5.41 Å². The average molecular weight is 254 g/mol. The lowest BCUT2D eigenvalue weighted by Gasteiger charge is -2.39. The first-order valence-electron chi connectivity index (χ1n) is 7.29. The molecule has 3 nitrogen and oxygen atoms in total. The van der Waals surface area contributed by atoms with E-state index >= 15 is 0 Å². The van der Waals surface area contributed by atoms with Gasteiger partial charge in [-0.1, -0.05) is 27.2 Å². The molecule has 0 radical (unpaired) electrons. The average Bonchev–Trinajstić information content (AvgIpc) is 2.27. The number of nitrogens with one attached hydrogen (secondary N) is 1. The maximum atomic E-state index is 12.4. The van der Waals surface area contributed by atoms with Crippen LogP contribution in [0.25, 0.3) is 0 Å². The summed E-state index contributed by atoms with van der Waals surface area (Å²) in [6.07, 6.45) is 3.39. The lowest BCUT2D eigenvalue weighted by atomic mass is 9.87. The number of hydrogen-bond donors (Lipinski definition) is 1. The molecule has 3 heteroatoms. The fourth-order valence-corrected chi connectivity index (χ4v) is 2.38. The van der Waals surface area contributed by atoms with Crippen molar-refractivity contribution in [3.05, 3.63) is 0 Å². The van der Waals surface area contributed by atoms with Crippen molar-refractivity contribution in [3.8, 4) is 0 Å². The number of nitrogens with zero attached hydrogens (tertiary/aromatic N) is 1. The van der Waals surface area contributed by atoms with Crippen molar-refractivity contribution in [3.63, 3.8) is 0 Å². The van der Waals surface area contributed by atoms with Gasteiger partial charge in [-0.2, -0.15) is 0 Å². The fourth-order valence-electron chi connectivity index (χ4n) is 2.38. The molecule has 1 amide bonds. The van der Waals surface area contributed by atoms with Crippen molar-refractivity contribution in [2.75, 3.05) is 6.54 Å². The van der Waals surface area contributed by atoms with Crippen molar-refractivity contribution in [2.45, 2.75) is 78.9 Å². The molecule has 1 aliphatic rings. The Labute approximate surface area is 112 Å². The molecule has 106 valence electrons. The zero-order valence-electron chi connectivity index (χ0n) is 12.9. The molecule has 1 rings (SSSR count). The first-order chi connectivity index (χ1) is 8.23. The number of carbonyl (C=O) groups excluding carboxylic acids is 1. The third kappa shape index (κ3) is 3.98. The third-order valence-electron chi connectivity index (χ3n) is 4.17. The predicted octanol–water partition coefficient (Wildman–Crippen LogP) is 2.80. The second-order valence-corrected chi connectivity index (χ2v) is 6.94. The van der Waals surface area contributed by atoms with Gasteiger partial charge >= 0.3 is 0 Å². The molecular weight excluding hydrogens is 224 g/mol. The summed E-state index contributed by atoms with van der Waals surface area (Å²) in [6, 6.07) is 0.732. The number of rotatable bonds is 3. The van der Waals surface area contributed by atoms with E-state index in [-0.39, 0.29) is 23.4 Å². The minimum Gasteiger partial charge on any atom is -0.352 e. The van der Waals surface area contributed by atoms with E-state index in [0.29, 0.717) is 6.04 Å². The molecule has 1 fully saturated rings. The summed E-state index contributed by atoms with van der Waals surface area (Å²) in [7, 11) is 0. The van der Waals surface area contributed by atoms with Gasteiger partial charge in [-0.15, -0.1) is 0 Å². The van der Waals surface area contributed by atoms with E-state index in [1.165, 1.54) is 12.8 Å². The quantitative estimate of drug-likeness (QED) is 0.840. The van der Waals surface area contributed by atoms with Gasteiger partial charge in [-0.3, -0.25) is 9.69 Å². The highest BCUT2D eigenvalue weighted by atomic mass is 16.2. The molecule has 1 N–H and O–H groups in total. The molecule has 0 aromatic rings. The molecule has 0 aromatic carbocycles. The van der Waals surface area contributed by atoms with E-state index in [1.54, 1.807) is 0 Å². The van der Waals surface area contributed by atoms with Crippen molar-refractivity contribution >= 4 is 5.91 Å². The van der Waals surface area contributed by atoms with Gasteiger partial charge in [0.25, 0.3) is 0 Å². The van der Waals surface area contributed by atoms with Crippen LogP contribution in [0.1, 0.15) is 60.8 Å². The lowest BCUT2D eigenvalue weighted by Crippen LogP contribution is -2.55. The summed E-state index contributed by atoms with van der Waals surface area (Å²) in [5.74, 6) is 0.214. The minimum atomic E-state index is 0.0727. The summed E-state index contributed by atoms with van der Waals surface area (Å²) in [5, 5.41) is 3.19. The first-order valence-corrected chi connectivity index (χ1v) is 7.29. The summed E-state index contributed by atoms with van der Waals surface area (Å²) in [5.41, 5.74) is 0.118.